The first-order valence-electron chi connectivity index (χ1n) is 7.99. The number of ether oxygens (including phenoxy) is 1. The average molecular weight is 317 g/mol. The maximum Gasteiger partial charge on any atom is 0.276 e. The Bertz CT molecular complexity index is 715. The van der Waals surface area contributed by atoms with E-state index in [-0.39, 0.29) is 5.91 Å². The molecule has 2 aromatic heterocycles. The van der Waals surface area contributed by atoms with Gasteiger partial charge in [-0.2, -0.15) is 0 Å². The van der Waals surface area contributed by atoms with Crippen molar-refractivity contribution < 1.29 is 18.5 Å². The van der Waals surface area contributed by atoms with Crippen LogP contribution in [0.25, 0.3) is 0 Å². The minimum Gasteiger partial charge on any atom is -0.445 e. The summed E-state index contributed by atoms with van der Waals surface area (Å²) in [5.74, 6) is 2.55. The van der Waals surface area contributed by atoms with Gasteiger partial charge in [0.25, 0.3) is 5.91 Å². The predicted octanol–water partition coefficient (Wildman–Crippen LogP) is 2.06. The van der Waals surface area contributed by atoms with Gasteiger partial charge in [0.1, 0.15) is 17.2 Å². The number of fused-ring (bicyclic) bond motifs is 1. The van der Waals surface area contributed by atoms with Crippen LogP contribution in [-0.4, -0.2) is 40.7 Å². The van der Waals surface area contributed by atoms with E-state index in [0.29, 0.717) is 36.9 Å². The Kier molecular flexibility index (Phi) is 3.65. The van der Waals surface area contributed by atoms with Crippen molar-refractivity contribution >= 4 is 5.91 Å². The minimum atomic E-state index is -0.122. The van der Waals surface area contributed by atoms with E-state index < -0.39 is 0 Å². The summed E-state index contributed by atoms with van der Waals surface area (Å²) >= 11 is 0. The molecule has 7 nitrogen and oxygen atoms in total. The van der Waals surface area contributed by atoms with Crippen molar-refractivity contribution in [3.63, 3.8) is 0 Å². The number of rotatable bonds is 2. The fourth-order valence-electron chi connectivity index (χ4n) is 3.14. The maximum absolute atomic E-state index is 12.5. The van der Waals surface area contributed by atoms with Crippen molar-refractivity contribution in [2.75, 3.05) is 19.8 Å². The topological polar surface area (TPSA) is 81.6 Å². The molecule has 4 heterocycles. The lowest BCUT2D eigenvalue weighted by atomic mass is 10.0. The first-order valence-corrected chi connectivity index (χ1v) is 7.99. The zero-order chi connectivity index (χ0) is 15.8. The Morgan fingerprint density at radius 2 is 2.17 bits per heavy atom. The van der Waals surface area contributed by atoms with E-state index in [4.69, 9.17) is 13.7 Å². The van der Waals surface area contributed by atoms with E-state index in [1.165, 1.54) is 0 Å². The Labute approximate surface area is 133 Å². The lowest BCUT2D eigenvalue weighted by Gasteiger charge is -2.24. The van der Waals surface area contributed by atoms with Crippen LogP contribution in [0.5, 0.6) is 0 Å². The van der Waals surface area contributed by atoms with Gasteiger partial charge in [-0.05, 0) is 19.8 Å². The molecule has 2 aliphatic heterocycles. The van der Waals surface area contributed by atoms with Gasteiger partial charge in [0, 0.05) is 38.2 Å². The molecule has 0 radical (unpaired) electrons. The lowest BCUT2D eigenvalue weighted by molar-refractivity contribution is 0.0715. The molecule has 0 unspecified atom stereocenters. The van der Waals surface area contributed by atoms with Crippen LogP contribution in [0.3, 0.4) is 0 Å². The van der Waals surface area contributed by atoms with Crippen LogP contribution in [0, 0.1) is 6.92 Å². The zero-order valence-electron chi connectivity index (χ0n) is 13.1. The van der Waals surface area contributed by atoms with E-state index in [9.17, 15) is 4.79 Å². The standard InChI is InChI=1S/C16H19N3O4/c1-10-8-12(18-23-10)16(20)19-5-2-14-13(9-19)17-15(22-14)11-3-6-21-7-4-11/h8,11H,2-7,9H2,1H3. The van der Waals surface area contributed by atoms with E-state index in [1.54, 1.807) is 17.9 Å². The van der Waals surface area contributed by atoms with Crippen LogP contribution >= 0.6 is 0 Å². The number of aromatic nitrogens is 2. The predicted molar refractivity (Wildman–Crippen MR) is 79.0 cm³/mol. The third kappa shape index (κ3) is 2.76. The molecule has 1 saturated heterocycles. The minimum absolute atomic E-state index is 0.122. The van der Waals surface area contributed by atoms with Crippen molar-refractivity contribution in [3.8, 4) is 0 Å². The van der Waals surface area contributed by atoms with Gasteiger partial charge >= 0.3 is 0 Å². The van der Waals surface area contributed by atoms with E-state index in [0.717, 1.165) is 43.4 Å². The first kappa shape index (κ1) is 14.4. The Morgan fingerprint density at radius 1 is 1.35 bits per heavy atom. The van der Waals surface area contributed by atoms with Crippen molar-refractivity contribution in [1.29, 1.82) is 0 Å². The normalized spacial score (nSPS) is 18.9. The highest BCUT2D eigenvalue weighted by atomic mass is 16.5. The largest absolute Gasteiger partial charge is 0.445 e. The number of amides is 1. The quantitative estimate of drug-likeness (QED) is 0.843. The van der Waals surface area contributed by atoms with Gasteiger partial charge in [0.2, 0.25) is 0 Å². The van der Waals surface area contributed by atoms with Gasteiger partial charge in [-0.25, -0.2) is 4.98 Å². The summed E-state index contributed by atoms with van der Waals surface area (Å²) in [7, 11) is 0. The fraction of sp³-hybridized carbons (Fsp3) is 0.562. The maximum atomic E-state index is 12.5. The van der Waals surface area contributed by atoms with Gasteiger partial charge in [0.15, 0.2) is 11.6 Å². The fourth-order valence-corrected chi connectivity index (χ4v) is 3.14. The summed E-state index contributed by atoms with van der Waals surface area (Å²) in [6, 6.07) is 1.66. The van der Waals surface area contributed by atoms with Gasteiger partial charge in [-0.15, -0.1) is 0 Å². The Balaban J connectivity index is 1.50. The van der Waals surface area contributed by atoms with Crippen molar-refractivity contribution in [2.24, 2.45) is 0 Å². The van der Waals surface area contributed by atoms with Crippen molar-refractivity contribution in [1.82, 2.24) is 15.0 Å². The lowest BCUT2D eigenvalue weighted by Crippen LogP contribution is -2.36. The summed E-state index contributed by atoms with van der Waals surface area (Å²) in [6.45, 7) is 4.37. The molecule has 0 N–H and O–H groups in total. The SMILES string of the molecule is Cc1cc(C(=O)N2CCc3oc(C4CCOCC4)nc3C2)no1. The molecule has 0 bridgehead atoms. The summed E-state index contributed by atoms with van der Waals surface area (Å²) in [4.78, 5) is 18.9. The third-order valence-corrected chi connectivity index (χ3v) is 4.45. The summed E-state index contributed by atoms with van der Waals surface area (Å²) in [6.07, 6.45) is 2.58. The zero-order valence-corrected chi connectivity index (χ0v) is 13.1. The van der Waals surface area contributed by atoms with Gasteiger partial charge in [0.05, 0.1) is 6.54 Å². The van der Waals surface area contributed by atoms with Gasteiger partial charge in [-0.1, -0.05) is 5.16 Å². The second-order valence-electron chi connectivity index (χ2n) is 6.11. The smallest absolute Gasteiger partial charge is 0.276 e. The molecule has 0 aliphatic carbocycles. The van der Waals surface area contributed by atoms with E-state index in [1.807, 2.05) is 0 Å². The number of nitrogens with zero attached hydrogens (tertiary/aromatic N) is 3. The summed E-state index contributed by atoms with van der Waals surface area (Å²) in [5.41, 5.74) is 1.21. The molecule has 2 aromatic rings. The molecule has 23 heavy (non-hydrogen) atoms. The highest BCUT2D eigenvalue weighted by molar-refractivity contribution is 5.92. The molecule has 0 atom stereocenters. The van der Waals surface area contributed by atoms with E-state index >= 15 is 0 Å². The van der Waals surface area contributed by atoms with Crippen LogP contribution < -0.4 is 0 Å². The van der Waals surface area contributed by atoms with Crippen LogP contribution in [0.1, 0.15) is 52.4 Å². The number of hydrogen-bond donors (Lipinski definition) is 0. The van der Waals surface area contributed by atoms with Crippen molar-refractivity contribution in [3.05, 3.63) is 34.9 Å². The second-order valence-corrected chi connectivity index (χ2v) is 6.11. The molecule has 2 aliphatic rings. The number of carbonyl (C=O) groups excluding carboxylic acids is 1. The molecule has 1 fully saturated rings. The highest BCUT2D eigenvalue weighted by Crippen LogP contribution is 2.30. The number of hydrogen-bond acceptors (Lipinski definition) is 6. The molecule has 0 aromatic carbocycles. The Morgan fingerprint density at radius 3 is 2.91 bits per heavy atom. The highest BCUT2D eigenvalue weighted by Gasteiger charge is 2.30. The van der Waals surface area contributed by atoms with Gasteiger partial charge in [-0.3, -0.25) is 4.79 Å². The molecule has 0 saturated carbocycles. The molecule has 122 valence electrons. The van der Waals surface area contributed by atoms with E-state index in [2.05, 4.69) is 10.1 Å². The summed E-state index contributed by atoms with van der Waals surface area (Å²) < 4.78 is 16.3. The second kappa shape index (κ2) is 5.81. The molecular weight excluding hydrogens is 298 g/mol. The molecule has 4 rings (SSSR count). The van der Waals surface area contributed by atoms with Crippen LogP contribution in [-0.2, 0) is 17.7 Å². The van der Waals surface area contributed by atoms with Gasteiger partial charge < -0.3 is 18.6 Å². The number of aryl methyl sites for hydroxylation is 1. The average Bonchev–Trinajstić information content (AvgIpc) is 3.20. The van der Waals surface area contributed by atoms with Crippen LogP contribution in [0.2, 0.25) is 0 Å². The molecule has 0 spiro atoms. The van der Waals surface area contributed by atoms with Crippen LogP contribution in [0.4, 0.5) is 0 Å². The number of oxazole rings is 1. The number of carbonyl (C=O) groups is 1. The third-order valence-electron chi connectivity index (χ3n) is 4.45. The molecule has 1 amide bonds. The van der Waals surface area contributed by atoms with Crippen LogP contribution in [0.15, 0.2) is 15.0 Å². The van der Waals surface area contributed by atoms with Crippen molar-refractivity contribution in [2.45, 2.75) is 38.6 Å². The first-order chi connectivity index (χ1) is 11.2. The monoisotopic (exact) mass is 317 g/mol. The summed E-state index contributed by atoms with van der Waals surface area (Å²) in [5, 5.41) is 3.80. The molecule has 7 heteroatoms. The Hall–Kier alpha value is -2.15. The molecular formula is C16H19N3O4.